The van der Waals surface area contributed by atoms with Crippen molar-refractivity contribution >= 4 is 11.6 Å². The standard InChI is InChI=1S/C24H26F2N2O2/c1-16-6-8-17(9-7-16)23-13-21(30-27-23)15-28(24(29)18-4-2-3-5-18)14-19-10-11-20(25)12-22(19)26/h6-12,18,21H,2-5,13-15H2,1H3/t21-/m1/s1. The average molecular weight is 412 g/mol. The quantitative estimate of drug-likeness (QED) is 0.671. The van der Waals surface area contributed by atoms with Gasteiger partial charge in [-0.1, -0.05) is 53.9 Å². The Hall–Kier alpha value is -2.76. The summed E-state index contributed by atoms with van der Waals surface area (Å²) in [7, 11) is 0. The molecule has 0 radical (unpaired) electrons. The number of amides is 1. The third kappa shape index (κ3) is 4.69. The van der Waals surface area contributed by atoms with Crippen molar-refractivity contribution in [3.63, 3.8) is 0 Å². The molecule has 2 aromatic carbocycles. The second-order valence-electron chi connectivity index (χ2n) is 8.27. The van der Waals surface area contributed by atoms with Crippen LogP contribution in [0.1, 0.15) is 48.8 Å². The van der Waals surface area contributed by atoms with E-state index >= 15 is 0 Å². The maximum Gasteiger partial charge on any atom is 0.226 e. The monoisotopic (exact) mass is 412 g/mol. The maximum atomic E-state index is 14.2. The van der Waals surface area contributed by atoms with Gasteiger partial charge in [0.15, 0.2) is 6.10 Å². The van der Waals surface area contributed by atoms with Crippen LogP contribution >= 0.6 is 0 Å². The van der Waals surface area contributed by atoms with E-state index in [0.717, 1.165) is 43.0 Å². The maximum absolute atomic E-state index is 14.2. The van der Waals surface area contributed by atoms with E-state index in [0.29, 0.717) is 18.5 Å². The van der Waals surface area contributed by atoms with Crippen molar-refractivity contribution in [1.29, 1.82) is 0 Å². The Bertz CT molecular complexity index is 937. The van der Waals surface area contributed by atoms with Crippen molar-refractivity contribution in [2.75, 3.05) is 6.54 Å². The van der Waals surface area contributed by atoms with Crippen LogP contribution < -0.4 is 0 Å². The zero-order valence-corrected chi connectivity index (χ0v) is 17.1. The lowest BCUT2D eigenvalue weighted by molar-refractivity contribution is -0.137. The van der Waals surface area contributed by atoms with Gasteiger partial charge in [0.25, 0.3) is 0 Å². The van der Waals surface area contributed by atoms with E-state index in [1.54, 1.807) is 4.90 Å². The minimum atomic E-state index is -0.636. The van der Waals surface area contributed by atoms with Gasteiger partial charge < -0.3 is 9.74 Å². The second-order valence-corrected chi connectivity index (χ2v) is 8.27. The predicted octanol–water partition coefficient (Wildman–Crippen LogP) is 4.99. The molecule has 0 bridgehead atoms. The van der Waals surface area contributed by atoms with E-state index in [9.17, 15) is 13.6 Å². The van der Waals surface area contributed by atoms with Gasteiger partial charge in [-0.05, 0) is 31.4 Å². The van der Waals surface area contributed by atoms with Crippen molar-refractivity contribution in [2.45, 2.75) is 51.7 Å². The molecule has 1 saturated carbocycles. The fourth-order valence-electron chi connectivity index (χ4n) is 4.21. The molecule has 0 aromatic heterocycles. The van der Waals surface area contributed by atoms with E-state index in [1.165, 1.54) is 17.7 Å². The Morgan fingerprint density at radius 3 is 2.57 bits per heavy atom. The number of rotatable bonds is 6. The zero-order chi connectivity index (χ0) is 21.1. The van der Waals surface area contributed by atoms with Crippen LogP contribution in [0.25, 0.3) is 0 Å². The fourth-order valence-corrected chi connectivity index (χ4v) is 4.21. The van der Waals surface area contributed by atoms with Crippen LogP contribution in [-0.4, -0.2) is 29.2 Å². The minimum absolute atomic E-state index is 0.0172. The number of aryl methyl sites for hydroxylation is 1. The number of hydrogen-bond donors (Lipinski definition) is 0. The normalized spacial score (nSPS) is 18.9. The first kappa shape index (κ1) is 20.5. The highest BCUT2D eigenvalue weighted by Gasteiger charge is 2.32. The molecule has 6 heteroatoms. The third-order valence-corrected chi connectivity index (χ3v) is 5.93. The summed E-state index contributed by atoms with van der Waals surface area (Å²) in [4.78, 5) is 20.4. The van der Waals surface area contributed by atoms with E-state index in [2.05, 4.69) is 5.16 Å². The SMILES string of the molecule is Cc1ccc(C2=NO[C@@H](CN(Cc3ccc(F)cc3F)C(=O)C3CCCC3)C2)cc1. The number of carbonyl (C=O) groups is 1. The largest absolute Gasteiger partial charge is 0.390 e. The van der Waals surface area contributed by atoms with Crippen LogP contribution in [0.4, 0.5) is 8.78 Å². The molecule has 0 spiro atoms. The summed E-state index contributed by atoms with van der Waals surface area (Å²) < 4.78 is 27.5. The van der Waals surface area contributed by atoms with Crippen LogP contribution in [0.3, 0.4) is 0 Å². The summed E-state index contributed by atoms with van der Waals surface area (Å²) in [6, 6.07) is 11.6. The first-order valence-electron chi connectivity index (χ1n) is 10.5. The molecule has 1 amide bonds. The van der Waals surface area contributed by atoms with Crippen molar-refractivity contribution in [1.82, 2.24) is 4.90 Å². The number of carbonyl (C=O) groups excluding carboxylic acids is 1. The number of halogens is 2. The van der Waals surface area contributed by atoms with Gasteiger partial charge in [0.05, 0.1) is 12.3 Å². The molecule has 0 N–H and O–H groups in total. The Morgan fingerprint density at radius 1 is 1.13 bits per heavy atom. The van der Waals surface area contributed by atoms with E-state index < -0.39 is 11.6 Å². The van der Waals surface area contributed by atoms with Crippen LogP contribution in [0.15, 0.2) is 47.6 Å². The molecule has 0 saturated heterocycles. The molecule has 4 nitrogen and oxygen atoms in total. The van der Waals surface area contributed by atoms with E-state index in [1.807, 2.05) is 31.2 Å². The molecule has 1 atom stereocenters. The van der Waals surface area contributed by atoms with Gasteiger partial charge in [0, 0.05) is 30.5 Å². The van der Waals surface area contributed by atoms with Gasteiger partial charge in [-0.15, -0.1) is 0 Å². The van der Waals surface area contributed by atoms with Crippen LogP contribution in [0, 0.1) is 24.5 Å². The molecule has 1 aliphatic heterocycles. The number of nitrogens with zero attached hydrogens (tertiary/aromatic N) is 2. The molecule has 30 heavy (non-hydrogen) atoms. The van der Waals surface area contributed by atoms with E-state index in [-0.39, 0.29) is 24.5 Å². The summed E-state index contributed by atoms with van der Waals surface area (Å²) in [5.41, 5.74) is 3.33. The smallest absolute Gasteiger partial charge is 0.226 e. The van der Waals surface area contributed by atoms with Gasteiger partial charge in [-0.25, -0.2) is 8.78 Å². The molecular formula is C24H26F2N2O2. The summed E-state index contributed by atoms with van der Waals surface area (Å²) in [5.74, 6) is -1.28. The van der Waals surface area contributed by atoms with Crippen molar-refractivity contribution in [2.24, 2.45) is 11.1 Å². The van der Waals surface area contributed by atoms with Crippen molar-refractivity contribution in [3.05, 3.63) is 70.8 Å². The molecule has 1 fully saturated rings. The molecule has 2 aromatic rings. The number of benzene rings is 2. The average Bonchev–Trinajstić information content (AvgIpc) is 3.42. The van der Waals surface area contributed by atoms with Gasteiger partial charge >= 0.3 is 0 Å². The molecular weight excluding hydrogens is 386 g/mol. The predicted molar refractivity (Wildman–Crippen MR) is 111 cm³/mol. The van der Waals surface area contributed by atoms with Crippen LogP contribution in [0.2, 0.25) is 0 Å². The highest BCUT2D eigenvalue weighted by Crippen LogP contribution is 2.28. The fraction of sp³-hybridized carbons (Fsp3) is 0.417. The molecule has 2 aliphatic rings. The first-order valence-corrected chi connectivity index (χ1v) is 10.5. The number of oxime groups is 1. The summed E-state index contributed by atoms with van der Waals surface area (Å²) in [5, 5.41) is 4.22. The van der Waals surface area contributed by atoms with Crippen molar-refractivity contribution < 1.29 is 18.4 Å². The molecule has 158 valence electrons. The topological polar surface area (TPSA) is 41.9 Å². The summed E-state index contributed by atoms with van der Waals surface area (Å²) in [6.45, 7) is 2.45. The third-order valence-electron chi connectivity index (χ3n) is 5.93. The summed E-state index contributed by atoms with van der Waals surface area (Å²) >= 11 is 0. The highest BCUT2D eigenvalue weighted by molar-refractivity contribution is 6.01. The van der Waals surface area contributed by atoms with Gasteiger partial charge in [-0.3, -0.25) is 4.79 Å². The summed E-state index contributed by atoms with van der Waals surface area (Å²) in [6.07, 6.45) is 4.10. The van der Waals surface area contributed by atoms with Gasteiger partial charge in [-0.2, -0.15) is 0 Å². The van der Waals surface area contributed by atoms with E-state index in [4.69, 9.17) is 4.84 Å². The molecule has 0 unspecified atom stereocenters. The van der Waals surface area contributed by atoms with Gasteiger partial charge in [0.2, 0.25) is 5.91 Å². The zero-order valence-electron chi connectivity index (χ0n) is 17.1. The first-order chi connectivity index (χ1) is 14.5. The molecule has 1 heterocycles. The van der Waals surface area contributed by atoms with Gasteiger partial charge in [0.1, 0.15) is 11.6 Å². The lowest BCUT2D eigenvalue weighted by atomic mass is 10.0. The molecule has 1 aliphatic carbocycles. The van der Waals surface area contributed by atoms with Crippen LogP contribution in [0.5, 0.6) is 0 Å². The van der Waals surface area contributed by atoms with Crippen molar-refractivity contribution in [3.8, 4) is 0 Å². The second kappa shape index (κ2) is 8.94. The molecule has 4 rings (SSSR count). The lowest BCUT2D eigenvalue weighted by Crippen LogP contribution is -2.40. The minimum Gasteiger partial charge on any atom is -0.390 e. The Morgan fingerprint density at radius 2 is 1.87 bits per heavy atom. The Labute approximate surface area is 175 Å². The Balaban J connectivity index is 1.47. The number of hydrogen-bond acceptors (Lipinski definition) is 3. The lowest BCUT2D eigenvalue weighted by Gasteiger charge is -2.27. The highest BCUT2D eigenvalue weighted by atomic mass is 19.1. The Kier molecular flexibility index (Phi) is 6.11. The van der Waals surface area contributed by atoms with Crippen LogP contribution in [-0.2, 0) is 16.2 Å².